The number of nitrogens with one attached hydrogen (secondary N) is 2. The number of hydrogen-bond acceptors (Lipinski definition) is 7. The van der Waals surface area contributed by atoms with Crippen LogP contribution in [0.5, 0.6) is 0 Å². The Hall–Kier alpha value is -3.04. The standard InChI is InChI=1S/C25H32N6O3/c32-22-9-6-19(16-27-22)20-7-8-21-24(29-20)31(17-18-4-2-1-3-5-18)25(33)23(28-21)26-10-11-30-12-14-34-15-13-30/h6-9,16,18H,1-5,10-15,17H2,(H,26,28)(H,27,32). The average molecular weight is 465 g/mol. The van der Waals surface area contributed by atoms with Crippen LogP contribution in [0.3, 0.4) is 0 Å². The highest BCUT2D eigenvalue weighted by atomic mass is 16.5. The van der Waals surface area contributed by atoms with E-state index in [9.17, 15) is 9.59 Å². The fourth-order valence-electron chi connectivity index (χ4n) is 4.92. The number of aromatic nitrogens is 4. The summed E-state index contributed by atoms with van der Waals surface area (Å²) in [6.45, 7) is 5.48. The molecular formula is C25H32N6O3. The van der Waals surface area contributed by atoms with Gasteiger partial charge in [0.2, 0.25) is 5.56 Å². The molecule has 9 heteroatoms. The summed E-state index contributed by atoms with van der Waals surface area (Å²) in [7, 11) is 0. The molecule has 0 unspecified atom stereocenters. The van der Waals surface area contributed by atoms with Crippen molar-refractivity contribution >= 4 is 17.0 Å². The Balaban J connectivity index is 1.47. The summed E-state index contributed by atoms with van der Waals surface area (Å²) in [5, 5.41) is 3.29. The van der Waals surface area contributed by atoms with E-state index < -0.39 is 0 Å². The first kappa shape index (κ1) is 22.7. The van der Waals surface area contributed by atoms with Gasteiger partial charge >= 0.3 is 0 Å². The molecule has 1 aliphatic carbocycles. The molecule has 180 valence electrons. The van der Waals surface area contributed by atoms with Crippen LogP contribution in [0.15, 0.2) is 40.1 Å². The third-order valence-corrected chi connectivity index (χ3v) is 6.86. The molecule has 2 N–H and O–H groups in total. The second kappa shape index (κ2) is 10.5. The van der Waals surface area contributed by atoms with E-state index in [0.29, 0.717) is 41.7 Å². The van der Waals surface area contributed by atoms with Crippen molar-refractivity contribution in [2.24, 2.45) is 5.92 Å². The van der Waals surface area contributed by atoms with E-state index in [-0.39, 0.29) is 11.1 Å². The summed E-state index contributed by atoms with van der Waals surface area (Å²) in [4.78, 5) is 39.5. The first-order valence-electron chi connectivity index (χ1n) is 12.3. The molecule has 0 amide bonds. The molecule has 5 rings (SSSR count). The molecule has 0 spiro atoms. The predicted molar refractivity (Wildman–Crippen MR) is 132 cm³/mol. The van der Waals surface area contributed by atoms with Crippen molar-refractivity contribution in [1.82, 2.24) is 24.4 Å². The number of fused-ring (bicyclic) bond motifs is 1. The molecule has 9 nitrogen and oxygen atoms in total. The van der Waals surface area contributed by atoms with Gasteiger partial charge < -0.3 is 15.0 Å². The zero-order valence-corrected chi connectivity index (χ0v) is 19.5. The van der Waals surface area contributed by atoms with E-state index in [1.807, 2.05) is 16.7 Å². The Morgan fingerprint density at radius 3 is 2.62 bits per heavy atom. The number of ether oxygens (including phenoxy) is 1. The van der Waals surface area contributed by atoms with Crippen LogP contribution in [0.4, 0.5) is 5.82 Å². The maximum Gasteiger partial charge on any atom is 0.294 e. The number of aromatic amines is 1. The number of H-pyrrole nitrogens is 1. The molecule has 0 atom stereocenters. The minimum atomic E-state index is -0.159. The van der Waals surface area contributed by atoms with Crippen LogP contribution in [0.25, 0.3) is 22.4 Å². The summed E-state index contributed by atoms with van der Waals surface area (Å²) in [5.74, 6) is 0.854. The smallest absolute Gasteiger partial charge is 0.294 e. The lowest BCUT2D eigenvalue weighted by molar-refractivity contribution is 0.0398. The highest BCUT2D eigenvalue weighted by Gasteiger charge is 2.19. The molecule has 3 aromatic heterocycles. The van der Waals surface area contributed by atoms with E-state index >= 15 is 0 Å². The van der Waals surface area contributed by atoms with Crippen molar-refractivity contribution in [3.8, 4) is 11.3 Å². The van der Waals surface area contributed by atoms with Crippen molar-refractivity contribution in [3.05, 3.63) is 51.2 Å². The Morgan fingerprint density at radius 2 is 1.85 bits per heavy atom. The van der Waals surface area contributed by atoms with Gasteiger partial charge in [0.1, 0.15) is 5.52 Å². The van der Waals surface area contributed by atoms with Crippen molar-refractivity contribution in [3.63, 3.8) is 0 Å². The third-order valence-electron chi connectivity index (χ3n) is 6.86. The van der Waals surface area contributed by atoms with E-state index in [4.69, 9.17) is 9.72 Å². The normalized spacial score (nSPS) is 17.8. The van der Waals surface area contributed by atoms with E-state index in [0.717, 1.165) is 51.3 Å². The van der Waals surface area contributed by atoms with Gasteiger partial charge in [-0.15, -0.1) is 0 Å². The van der Waals surface area contributed by atoms with Crippen molar-refractivity contribution in [2.75, 3.05) is 44.7 Å². The molecule has 0 radical (unpaired) electrons. The second-order valence-electron chi connectivity index (χ2n) is 9.24. The molecule has 1 saturated heterocycles. The quantitative estimate of drug-likeness (QED) is 0.553. The van der Waals surface area contributed by atoms with Crippen LogP contribution in [-0.4, -0.2) is 63.8 Å². The predicted octanol–water partition coefficient (Wildman–Crippen LogP) is 2.47. The Kier molecular flexibility index (Phi) is 7.01. The van der Waals surface area contributed by atoms with Gasteiger partial charge in [-0.2, -0.15) is 0 Å². The molecule has 0 bridgehead atoms. The summed E-state index contributed by atoms with van der Waals surface area (Å²) >= 11 is 0. The van der Waals surface area contributed by atoms with E-state index in [1.54, 1.807) is 12.3 Å². The molecule has 2 fully saturated rings. The molecule has 34 heavy (non-hydrogen) atoms. The first-order valence-corrected chi connectivity index (χ1v) is 12.3. The Morgan fingerprint density at radius 1 is 1.03 bits per heavy atom. The minimum Gasteiger partial charge on any atom is -0.379 e. The number of anilines is 1. The molecular weight excluding hydrogens is 432 g/mol. The summed E-state index contributed by atoms with van der Waals surface area (Å²) < 4.78 is 7.22. The lowest BCUT2D eigenvalue weighted by Crippen LogP contribution is -2.39. The average Bonchev–Trinajstić information content (AvgIpc) is 2.88. The lowest BCUT2D eigenvalue weighted by atomic mass is 9.89. The van der Waals surface area contributed by atoms with E-state index in [2.05, 4.69) is 20.2 Å². The SMILES string of the molecule is O=c1ccc(-c2ccc3nc(NCCN4CCOCC4)c(=O)n(CC4CCCCC4)c3n2)c[nH]1. The van der Waals surface area contributed by atoms with Gasteiger partial charge in [-0.1, -0.05) is 19.3 Å². The number of nitrogens with zero attached hydrogens (tertiary/aromatic N) is 4. The summed E-state index contributed by atoms with van der Waals surface area (Å²) in [5.41, 5.74) is 2.51. The number of rotatable bonds is 7. The van der Waals surface area contributed by atoms with Gasteiger partial charge in [0, 0.05) is 50.6 Å². The lowest BCUT2D eigenvalue weighted by Gasteiger charge is -2.26. The van der Waals surface area contributed by atoms with Gasteiger partial charge in [0.15, 0.2) is 11.5 Å². The minimum absolute atomic E-state index is 0.119. The van der Waals surface area contributed by atoms with Gasteiger partial charge in [-0.3, -0.25) is 19.1 Å². The summed E-state index contributed by atoms with van der Waals surface area (Å²) in [6.07, 6.45) is 7.61. The second-order valence-corrected chi connectivity index (χ2v) is 9.24. The van der Waals surface area contributed by atoms with Gasteiger partial charge in [-0.25, -0.2) is 9.97 Å². The van der Waals surface area contributed by atoms with Gasteiger partial charge in [0.25, 0.3) is 5.56 Å². The highest BCUT2D eigenvalue weighted by molar-refractivity contribution is 5.76. The fourth-order valence-corrected chi connectivity index (χ4v) is 4.92. The molecule has 3 aromatic rings. The van der Waals surface area contributed by atoms with Gasteiger partial charge in [0.05, 0.1) is 18.9 Å². The molecule has 1 saturated carbocycles. The van der Waals surface area contributed by atoms with Crippen LogP contribution in [0.2, 0.25) is 0 Å². The third kappa shape index (κ3) is 5.20. The molecule has 2 aliphatic rings. The van der Waals surface area contributed by atoms with Crippen molar-refractivity contribution in [1.29, 1.82) is 0 Å². The topological polar surface area (TPSA) is 105 Å². The zero-order chi connectivity index (χ0) is 23.3. The maximum absolute atomic E-state index is 13.5. The largest absolute Gasteiger partial charge is 0.379 e. The zero-order valence-electron chi connectivity index (χ0n) is 19.5. The maximum atomic E-state index is 13.5. The van der Waals surface area contributed by atoms with Crippen LogP contribution >= 0.6 is 0 Å². The highest BCUT2D eigenvalue weighted by Crippen LogP contribution is 2.26. The van der Waals surface area contributed by atoms with Crippen LogP contribution < -0.4 is 16.4 Å². The monoisotopic (exact) mass is 464 g/mol. The van der Waals surface area contributed by atoms with Crippen LogP contribution in [0, 0.1) is 5.92 Å². The molecule has 4 heterocycles. The summed E-state index contributed by atoms with van der Waals surface area (Å²) in [6, 6.07) is 7.02. The van der Waals surface area contributed by atoms with Crippen molar-refractivity contribution in [2.45, 2.75) is 38.6 Å². The Labute approximate surface area is 198 Å². The first-order chi connectivity index (χ1) is 16.7. The number of hydrogen-bond donors (Lipinski definition) is 2. The fraction of sp³-hybridized carbons (Fsp3) is 0.520. The Bertz CT molecular complexity index is 1220. The number of morpholine rings is 1. The molecule has 1 aliphatic heterocycles. The molecule has 0 aromatic carbocycles. The van der Waals surface area contributed by atoms with Crippen LogP contribution in [-0.2, 0) is 11.3 Å². The van der Waals surface area contributed by atoms with Crippen LogP contribution in [0.1, 0.15) is 32.1 Å². The van der Waals surface area contributed by atoms with Crippen molar-refractivity contribution < 1.29 is 4.74 Å². The number of pyridine rings is 2. The van der Waals surface area contributed by atoms with Gasteiger partial charge in [-0.05, 0) is 37.0 Å². The van der Waals surface area contributed by atoms with E-state index in [1.165, 1.54) is 25.3 Å².